The molecule has 0 radical (unpaired) electrons. The highest BCUT2D eigenvalue weighted by atomic mass is 32.2. The molecule has 0 saturated carbocycles. The molecule has 136 valence electrons. The van der Waals surface area contributed by atoms with E-state index in [4.69, 9.17) is 4.74 Å². The van der Waals surface area contributed by atoms with Crippen LogP contribution in [-0.2, 0) is 4.79 Å². The first-order valence-corrected chi connectivity index (χ1v) is 7.85. The normalized spacial score (nSPS) is 10.7. The zero-order valence-electron chi connectivity index (χ0n) is 13.2. The molecule has 1 aromatic heterocycles. The standard InChI is InChI=1S/C13H12N6O6S/c1-25-9-3-2-7(4-8(9)19(23)24)5-14-16-10(20)6-26-12-11(21)15-13(22)18-17-12/h2-5H,6H2,1H3,(H,16,20)(H2,15,18,21,22)/b14-5+. The molecule has 1 aromatic carbocycles. The highest BCUT2D eigenvalue weighted by Gasteiger charge is 2.14. The summed E-state index contributed by atoms with van der Waals surface area (Å²) in [5, 5.41) is 20.1. The molecule has 0 spiro atoms. The minimum absolute atomic E-state index is 0.0745. The smallest absolute Gasteiger partial charge is 0.342 e. The van der Waals surface area contributed by atoms with Gasteiger partial charge in [-0.3, -0.25) is 24.7 Å². The molecule has 2 rings (SSSR count). The van der Waals surface area contributed by atoms with Crippen LogP contribution in [0.25, 0.3) is 0 Å². The summed E-state index contributed by atoms with van der Waals surface area (Å²) in [4.78, 5) is 46.2. The van der Waals surface area contributed by atoms with Crippen LogP contribution >= 0.6 is 11.8 Å². The van der Waals surface area contributed by atoms with E-state index >= 15 is 0 Å². The van der Waals surface area contributed by atoms with Crippen molar-refractivity contribution in [3.8, 4) is 5.75 Å². The number of hydrazone groups is 1. The summed E-state index contributed by atoms with van der Waals surface area (Å²) in [6.07, 6.45) is 1.22. The summed E-state index contributed by atoms with van der Waals surface area (Å²) >= 11 is 0.805. The summed E-state index contributed by atoms with van der Waals surface area (Å²) in [5.41, 5.74) is 0.895. The molecular weight excluding hydrogens is 368 g/mol. The lowest BCUT2D eigenvalue weighted by atomic mass is 10.2. The molecule has 3 N–H and O–H groups in total. The van der Waals surface area contributed by atoms with E-state index in [0.717, 1.165) is 11.8 Å². The molecule has 0 aliphatic heterocycles. The topological polar surface area (TPSA) is 172 Å². The minimum atomic E-state index is -0.748. The highest BCUT2D eigenvalue weighted by molar-refractivity contribution is 7.99. The van der Waals surface area contributed by atoms with Crippen LogP contribution in [0.15, 0.2) is 37.9 Å². The van der Waals surface area contributed by atoms with Crippen molar-refractivity contribution in [1.29, 1.82) is 0 Å². The molecule has 0 saturated heterocycles. The average molecular weight is 380 g/mol. The number of hydrogen-bond acceptors (Lipinski definition) is 9. The van der Waals surface area contributed by atoms with Crippen LogP contribution in [0.1, 0.15) is 5.56 Å². The highest BCUT2D eigenvalue weighted by Crippen LogP contribution is 2.26. The number of methoxy groups -OCH3 is 1. The van der Waals surface area contributed by atoms with Crippen LogP contribution in [0.5, 0.6) is 5.75 Å². The maximum atomic E-state index is 11.7. The Labute approximate surface area is 148 Å². The van der Waals surface area contributed by atoms with E-state index in [1.807, 2.05) is 10.1 Å². The second-order valence-electron chi connectivity index (χ2n) is 4.58. The molecule has 2 aromatic rings. The van der Waals surface area contributed by atoms with Crippen molar-refractivity contribution in [2.24, 2.45) is 5.10 Å². The fourth-order valence-electron chi connectivity index (χ4n) is 1.71. The SMILES string of the molecule is COc1ccc(/C=N/NC(=O)CSc2n[nH]c(=O)[nH]c2=O)cc1[N+](=O)[O-]. The molecule has 12 nitrogen and oxygen atoms in total. The molecule has 0 bridgehead atoms. The number of thioether (sulfide) groups is 1. The zero-order valence-corrected chi connectivity index (χ0v) is 14.0. The number of nitro groups is 1. The molecule has 0 fully saturated rings. The van der Waals surface area contributed by atoms with Gasteiger partial charge in [0.25, 0.3) is 5.56 Å². The Hall–Kier alpha value is -3.48. The third-order valence-corrected chi connectivity index (χ3v) is 3.78. The third-order valence-electron chi connectivity index (χ3n) is 2.82. The van der Waals surface area contributed by atoms with Crippen LogP contribution in [0.2, 0.25) is 0 Å². The van der Waals surface area contributed by atoms with Gasteiger partial charge in [0.1, 0.15) is 0 Å². The second kappa shape index (κ2) is 8.57. The molecule has 0 unspecified atom stereocenters. The van der Waals surface area contributed by atoms with E-state index in [1.54, 1.807) is 0 Å². The van der Waals surface area contributed by atoms with Gasteiger partial charge in [-0.25, -0.2) is 15.3 Å². The van der Waals surface area contributed by atoms with Gasteiger partial charge in [0, 0.05) is 11.6 Å². The number of nitro benzene ring substituents is 1. The number of benzene rings is 1. The van der Waals surface area contributed by atoms with Gasteiger partial charge in [-0.15, -0.1) is 0 Å². The van der Waals surface area contributed by atoms with Gasteiger partial charge < -0.3 is 4.74 Å². The third kappa shape index (κ3) is 5.01. The number of nitrogens with zero attached hydrogens (tertiary/aromatic N) is 3. The number of hydrogen-bond donors (Lipinski definition) is 3. The van der Waals surface area contributed by atoms with Gasteiger partial charge in [-0.1, -0.05) is 11.8 Å². The summed E-state index contributed by atoms with van der Waals surface area (Å²) in [7, 11) is 1.32. The van der Waals surface area contributed by atoms with E-state index in [0.29, 0.717) is 5.56 Å². The van der Waals surface area contributed by atoms with Crippen molar-refractivity contribution >= 4 is 29.6 Å². The Morgan fingerprint density at radius 3 is 2.92 bits per heavy atom. The van der Waals surface area contributed by atoms with Crippen molar-refractivity contribution in [3.05, 3.63) is 54.7 Å². The quantitative estimate of drug-likeness (QED) is 0.252. The van der Waals surface area contributed by atoms with Crippen LogP contribution in [-0.4, -0.2) is 45.1 Å². The number of aromatic nitrogens is 3. The van der Waals surface area contributed by atoms with Crippen molar-refractivity contribution in [2.75, 3.05) is 12.9 Å². The largest absolute Gasteiger partial charge is 0.490 e. The van der Waals surface area contributed by atoms with Crippen molar-refractivity contribution in [2.45, 2.75) is 5.03 Å². The van der Waals surface area contributed by atoms with E-state index in [9.17, 15) is 24.5 Å². The lowest BCUT2D eigenvalue weighted by Gasteiger charge is -2.02. The number of carbonyl (C=O) groups excluding carboxylic acids is 1. The van der Waals surface area contributed by atoms with E-state index in [2.05, 4.69) is 15.6 Å². The molecule has 13 heteroatoms. The molecule has 0 aliphatic rings. The number of nitrogens with one attached hydrogen (secondary N) is 3. The molecule has 0 aliphatic carbocycles. The van der Waals surface area contributed by atoms with Gasteiger partial charge in [0.05, 0.1) is 24.0 Å². The molecular formula is C13H12N6O6S. The zero-order chi connectivity index (χ0) is 19.1. The average Bonchev–Trinajstić information content (AvgIpc) is 2.60. The lowest BCUT2D eigenvalue weighted by Crippen LogP contribution is -2.26. The Balaban J connectivity index is 1.94. The summed E-state index contributed by atoms with van der Waals surface area (Å²) in [6.45, 7) is 0. The Kier molecular flexibility index (Phi) is 6.21. The second-order valence-corrected chi connectivity index (χ2v) is 5.55. The molecule has 1 amide bonds. The lowest BCUT2D eigenvalue weighted by molar-refractivity contribution is -0.385. The maximum Gasteiger partial charge on any atom is 0.342 e. The fraction of sp³-hybridized carbons (Fsp3) is 0.154. The predicted octanol–water partition coefficient (Wildman–Crippen LogP) is -0.383. The Morgan fingerprint density at radius 1 is 1.50 bits per heavy atom. The minimum Gasteiger partial charge on any atom is -0.490 e. The number of carbonyl (C=O) groups is 1. The number of H-pyrrole nitrogens is 2. The molecule has 1 heterocycles. The summed E-state index contributed by atoms with van der Waals surface area (Å²) in [5.74, 6) is -0.616. The van der Waals surface area contributed by atoms with E-state index < -0.39 is 22.1 Å². The van der Waals surface area contributed by atoms with Gasteiger partial charge in [-0.05, 0) is 12.1 Å². The monoisotopic (exact) mass is 380 g/mol. The molecule has 0 atom stereocenters. The first kappa shape index (κ1) is 18.9. The van der Waals surface area contributed by atoms with Gasteiger partial charge in [0.15, 0.2) is 10.8 Å². The van der Waals surface area contributed by atoms with Crippen molar-refractivity contribution in [3.63, 3.8) is 0 Å². The van der Waals surface area contributed by atoms with Gasteiger partial charge in [-0.2, -0.15) is 10.2 Å². The van der Waals surface area contributed by atoms with Gasteiger partial charge >= 0.3 is 11.4 Å². The maximum absolute atomic E-state index is 11.7. The number of amides is 1. The van der Waals surface area contributed by atoms with Crippen molar-refractivity contribution in [1.82, 2.24) is 20.6 Å². The summed E-state index contributed by atoms with van der Waals surface area (Å²) < 4.78 is 4.88. The number of ether oxygens (including phenoxy) is 1. The van der Waals surface area contributed by atoms with Crippen molar-refractivity contribution < 1.29 is 14.5 Å². The van der Waals surface area contributed by atoms with Crippen LogP contribution < -0.4 is 21.4 Å². The summed E-state index contributed by atoms with van der Waals surface area (Å²) in [6, 6.07) is 4.18. The first-order chi connectivity index (χ1) is 12.4. The van der Waals surface area contributed by atoms with Gasteiger partial charge in [0.2, 0.25) is 5.91 Å². The Morgan fingerprint density at radius 2 is 2.27 bits per heavy atom. The predicted molar refractivity (Wildman–Crippen MR) is 91.6 cm³/mol. The fourth-order valence-corrected chi connectivity index (χ4v) is 2.33. The first-order valence-electron chi connectivity index (χ1n) is 6.87. The Bertz CT molecular complexity index is 968. The van der Waals surface area contributed by atoms with Crippen LogP contribution in [0.4, 0.5) is 5.69 Å². The van der Waals surface area contributed by atoms with E-state index in [-0.39, 0.29) is 22.2 Å². The molecule has 26 heavy (non-hydrogen) atoms. The van der Waals surface area contributed by atoms with Crippen LogP contribution in [0, 0.1) is 10.1 Å². The van der Waals surface area contributed by atoms with E-state index in [1.165, 1.54) is 31.5 Å². The number of rotatable bonds is 7. The number of aromatic amines is 2. The van der Waals surface area contributed by atoms with Crippen LogP contribution in [0.3, 0.4) is 0 Å².